The van der Waals surface area contributed by atoms with Crippen molar-refractivity contribution in [2.75, 3.05) is 39.8 Å². The van der Waals surface area contributed by atoms with Crippen LogP contribution in [0, 0.1) is 0 Å². The van der Waals surface area contributed by atoms with Crippen molar-refractivity contribution >= 4 is 5.91 Å². The van der Waals surface area contributed by atoms with Gasteiger partial charge in [-0.2, -0.15) is 0 Å². The van der Waals surface area contributed by atoms with Crippen LogP contribution in [0.5, 0.6) is 0 Å². The van der Waals surface area contributed by atoms with Crippen LogP contribution in [0.25, 0.3) is 0 Å². The molecule has 1 aromatic carbocycles. The van der Waals surface area contributed by atoms with E-state index in [9.17, 15) is 4.79 Å². The number of nitrogens with one attached hydrogen (secondary N) is 2. The van der Waals surface area contributed by atoms with Crippen molar-refractivity contribution in [1.82, 2.24) is 15.5 Å². The number of hydrogen-bond donors (Lipinski definition) is 2. The summed E-state index contributed by atoms with van der Waals surface area (Å²) in [5.41, 5.74) is 1.98. The summed E-state index contributed by atoms with van der Waals surface area (Å²) < 4.78 is 0. The molecule has 1 rings (SSSR count). The summed E-state index contributed by atoms with van der Waals surface area (Å²) in [4.78, 5) is 14.3. The molecule has 112 valence electrons. The van der Waals surface area contributed by atoms with Gasteiger partial charge in [0.25, 0.3) is 5.91 Å². The van der Waals surface area contributed by atoms with Gasteiger partial charge in [-0.25, -0.2) is 0 Å². The molecular weight excluding hydrogens is 250 g/mol. The van der Waals surface area contributed by atoms with Gasteiger partial charge in [0.15, 0.2) is 0 Å². The lowest BCUT2D eigenvalue weighted by Crippen LogP contribution is -2.34. The van der Waals surface area contributed by atoms with E-state index in [0.29, 0.717) is 6.54 Å². The maximum Gasteiger partial charge on any atom is 0.251 e. The first kappa shape index (κ1) is 16.7. The molecule has 0 saturated carbocycles. The molecule has 4 heteroatoms. The van der Waals surface area contributed by atoms with Gasteiger partial charge in [0.2, 0.25) is 0 Å². The van der Waals surface area contributed by atoms with Crippen molar-refractivity contribution in [2.45, 2.75) is 20.3 Å². The van der Waals surface area contributed by atoms with E-state index in [1.165, 1.54) is 5.56 Å². The van der Waals surface area contributed by atoms with Crippen LogP contribution in [0.3, 0.4) is 0 Å². The van der Waals surface area contributed by atoms with E-state index in [-0.39, 0.29) is 5.91 Å². The lowest BCUT2D eigenvalue weighted by atomic mass is 10.1. The number of likely N-dealkylation sites (N-methyl/N-ethyl adjacent to an activating group) is 2. The molecule has 1 aromatic rings. The van der Waals surface area contributed by atoms with Gasteiger partial charge >= 0.3 is 0 Å². The SMILES string of the molecule is CCN(CC)CCNC(=O)c1ccc(CCNC)cc1. The molecule has 0 aliphatic carbocycles. The maximum atomic E-state index is 12.0. The fourth-order valence-corrected chi connectivity index (χ4v) is 2.06. The molecule has 0 aromatic heterocycles. The third-order valence-corrected chi connectivity index (χ3v) is 3.49. The van der Waals surface area contributed by atoms with E-state index in [1.807, 2.05) is 31.3 Å². The van der Waals surface area contributed by atoms with E-state index < -0.39 is 0 Å². The Morgan fingerprint density at radius 2 is 1.75 bits per heavy atom. The summed E-state index contributed by atoms with van der Waals surface area (Å²) >= 11 is 0. The smallest absolute Gasteiger partial charge is 0.251 e. The molecule has 20 heavy (non-hydrogen) atoms. The molecule has 0 heterocycles. The zero-order valence-corrected chi connectivity index (χ0v) is 12.9. The highest BCUT2D eigenvalue weighted by Crippen LogP contribution is 2.04. The highest BCUT2D eigenvalue weighted by Gasteiger charge is 2.05. The second kappa shape index (κ2) is 9.50. The van der Waals surface area contributed by atoms with Gasteiger partial charge in [0.05, 0.1) is 0 Å². The van der Waals surface area contributed by atoms with Crippen molar-refractivity contribution in [2.24, 2.45) is 0 Å². The zero-order chi connectivity index (χ0) is 14.8. The minimum absolute atomic E-state index is 0.0114. The molecule has 1 amide bonds. The van der Waals surface area contributed by atoms with Gasteiger partial charge in [-0.15, -0.1) is 0 Å². The van der Waals surface area contributed by atoms with Gasteiger partial charge in [-0.05, 0) is 50.8 Å². The number of benzene rings is 1. The predicted octanol–water partition coefficient (Wildman–Crippen LogP) is 1.52. The summed E-state index contributed by atoms with van der Waals surface area (Å²) in [6.45, 7) is 8.86. The molecule has 0 bridgehead atoms. The average molecular weight is 277 g/mol. The molecule has 0 saturated heterocycles. The fourth-order valence-electron chi connectivity index (χ4n) is 2.06. The summed E-state index contributed by atoms with van der Waals surface area (Å²) in [7, 11) is 1.94. The second-order valence-corrected chi connectivity index (χ2v) is 4.83. The van der Waals surface area contributed by atoms with Crippen LogP contribution < -0.4 is 10.6 Å². The summed E-state index contributed by atoms with van der Waals surface area (Å²) in [6.07, 6.45) is 0.986. The molecule has 0 aliphatic rings. The average Bonchev–Trinajstić information content (AvgIpc) is 2.50. The minimum Gasteiger partial charge on any atom is -0.351 e. The Balaban J connectivity index is 2.39. The second-order valence-electron chi connectivity index (χ2n) is 4.83. The van der Waals surface area contributed by atoms with Gasteiger partial charge in [-0.1, -0.05) is 26.0 Å². The number of hydrogen-bond acceptors (Lipinski definition) is 3. The Morgan fingerprint density at radius 1 is 1.10 bits per heavy atom. The van der Waals surface area contributed by atoms with Crippen molar-refractivity contribution in [3.63, 3.8) is 0 Å². The molecule has 0 aliphatic heterocycles. The van der Waals surface area contributed by atoms with Gasteiger partial charge in [-0.3, -0.25) is 4.79 Å². The van der Waals surface area contributed by atoms with Gasteiger partial charge in [0.1, 0.15) is 0 Å². The van der Waals surface area contributed by atoms with Crippen molar-refractivity contribution in [3.05, 3.63) is 35.4 Å². The molecule has 0 fully saturated rings. The lowest BCUT2D eigenvalue weighted by molar-refractivity contribution is 0.0949. The Bertz CT molecular complexity index is 385. The molecular formula is C16H27N3O. The molecule has 4 nitrogen and oxygen atoms in total. The number of rotatable bonds is 9. The first-order valence-corrected chi connectivity index (χ1v) is 7.45. The molecule has 0 atom stereocenters. The van der Waals surface area contributed by atoms with Crippen LogP contribution in [0.2, 0.25) is 0 Å². The Labute approximate surface area is 122 Å². The first-order valence-electron chi connectivity index (χ1n) is 7.45. The first-order chi connectivity index (χ1) is 9.71. The van der Waals surface area contributed by atoms with Crippen LogP contribution in [0.1, 0.15) is 29.8 Å². The predicted molar refractivity (Wildman–Crippen MR) is 84.2 cm³/mol. The summed E-state index contributed by atoms with van der Waals surface area (Å²) in [6, 6.07) is 7.85. The number of carbonyl (C=O) groups excluding carboxylic acids is 1. The van der Waals surface area contributed by atoms with E-state index in [0.717, 1.165) is 38.2 Å². The van der Waals surface area contributed by atoms with E-state index in [2.05, 4.69) is 29.4 Å². The van der Waals surface area contributed by atoms with Crippen molar-refractivity contribution in [3.8, 4) is 0 Å². The highest BCUT2D eigenvalue weighted by molar-refractivity contribution is 5.94. The Kier molecular flexibility index (Phi) is 7.92. The third-order valence-electron chi connectivity index (χ3n) is 3.49. The van der Waals surface area contributed by atoms with E-state index >= 15 is 0 Å². The van der Waals surface area contributed by atoms with E-state index in [1.54, 1.807) is 0 Å². The topological polar surface area (TPSA) is 44.4 Å². The quantitative estimate of drug-likeness (QED) is 0.719. The highest BCUT2D eigenvalue weighted by atomic mass is 16.1. The van der Waals surface area contributed by atoms with Crippen LogP contribution in [-0.2, 0) is 6.42 Å². The molecule has 0 unspecified atom stereocenters. The van der Waals surface area contributed by atoms with Crippen molar-refractivity contribution in [1.29, 1.82) is 0 Å². The van der Waals surface area contributed by atoms with E-state index in [4.69, 9.17) is 0 Å². The maximum absolute atomic E-state index is 12.0. The summed E-state index contributed by atoms with van der Waals surface area (Å²) in [5, 5.41) is 6.09. The largest absolute Gasteiger partial charge is 0.351 e. The van der Waals surface area contributed by atoms with Crippen LogP contribution in [-0.4, -0.2) is 50.6 Å². The Morgan fingerprint density at radius 3 is 2.30 bits per heavy atom. The third kappa shape index (κ3) is 5.72. The van der Waals surface area contributed by atoms with Crippen LogP contribution in [0.15, 0.2) is 24.3 Å². The molecule has 0 spiro atoms. The Hall–Kier alpha value is -1.39. The van der Waals surface area contributed by atoms with Gasteiger partial charge < -0.3 is 15.5 Å². The summed E-state index contributed by atoms with van der Waals surface area (Å²) in [5.74, 6) is 0.0114. The molecule has 0 radical (unpaired) electrons. The normalized spacial score (nSPS) is 10.8. The van der Waals surface area contributed by atoms with Crippen molar-refractivity contribution < 1.29 is 4.79 Å². The lowest BCUT2D eigenvalue weighted by Gasteiger charge is -2.17. The fraction of sp³-hybridized carbons (Fsp3) is 0.562. The molecule has 2 N–H and O–H groups in total. The van der Waals surface area contributed by atoms with Crippen LogP contribution >= 0.6 is 0 Å². The minimum atomic E-state index is 0.0114. The monoisotopic (exact) mass is 277 g/mol. The van der Waals surface area contributed by atoms with Gasteiger partial charge in [0, 0.05) is 18.7 Å². The number of carbonyl (C=O) groups is 1. The number of nitrogens with zero attached hydrogens (tertiary/aromatic N) is 1. The van der Waals surface area contributed by atoms with Crippen LogP contribution in [0.4, 0.5) is 0 Å². The zero-order valence-electron chi connectivity index (χ0n) is 12.9. The standard InChI is InChI=1S/C16H27N3O/c1-4-19(5-2)13-12-18-16(20)15-8-6-14(7-9-15)10-11-17-3/h6-9,17H,4-5,10-13H2,1-3H3,(H,18,20). The number of amides is 1.